The number of benzene rings is 1. The number of aliphatic hydroxyl groups excluding tert-OH is 1. The van der Waals surface area contributed by atoms with Crippen molar-refractivity contribution in [2.45, 2.75) is 32.7 Å². The van der Waals surface area contributed by atoms with Crippen molar-refractivity contribution >= 4 is 5.91 Å². The molecule has 0 spiro atoms. The molecule has 3 nitrogen and oxygen atoms in total. The summed E-state index contributed by atoms with van der Waals surface area (Å²) in [6.45, 7) is 3.90. The van der Waals surface area contributed by atoms with Crippen LogP contribution in [-0.2, 0) is 11.2 Å². The highest BCUT2D eigenvalue weighted by Crippen LogP contribution is 2.10. The Morgan fingerprint density at radius 3 is 2.65 bits per heavy atom. The molecule has 1 atom stereocenters. The van der Waals surface area contributed by atoms with E-state index < -0.39 is 0 Å². The molecule has 1 unspecified atom stereocenters. The number of carbonyl (C=O) groups is 1. The normalized spacial score (nSPS) is 12.2. The van der Waals surface area contributed by atoms with Crippen molar-refractivity contribution in [2.75, 3.05) is 13.7 Å². The second-order valence-corrected chi connectivity index (χ2v) is 4.46. The molecule has 0 heterocycles. The van der Waals surface area contributed by atoms with Crippen molar-refractivity contribution < 1.29 is 9.90 Å². The fourth-order valence-electron chi connectivity index (χ4n) is 1.68. The van der Waals surface area contributed by atoms with E-state index in [2.05, 4.69) is 19.1 Å². The standard InChI is InChI=1S/C14H21NO2/c1-11-6-4-5-7-13(11)8-9-14(17)15(3)12(2)10-16/h4-7,12,16H,8-10H2,1-3H3. The molecular formula is C14H21NO2. The summed E-state index contributed by atoms with van der Waals surface area (Å²) in [4.78, 5) is 13.5. The second kappa shape index (κ2) is 6.40. The third-order valence-electron chi connectivity index (χ3n) is 3.19. The predicted octanol–water partition coefficient (Wildman–Crippen LogP) is 1.77. The van der Waals surface area contributed by atoms with Crippen LogP contribution in [-0.4, -0.2) is 35.6 Å². The molecule has 1 aromatic carbocycles. The summed E-state index contributed by atoms with van der Waals surface area (Å²) in [5.41, 5.74) is 2.43. The molecule has 0 fully saturated rings. The van der Waals surface area contributed by atoms with Gasteiger partial charge in [-0.1, -0.05) is 24.3 Å². The van der Waals surface area contributed by atoms with E-state index in [4.69, 9.17) is 5.11 Å². The Labute approximate surface area is 103 Å². The number of carbonyl (C=O) groups excluding carboxylic acids is 1. The predicted molar refractivity (Wildman–Crippen MR) is 68.8 cm³/mol. The summed E-state index contributed by atoms with van der Waals surface area (Å²) >= 11 is 0. The third kappa shape index (κ3) is 3.86. The molecule has 1 rings (SSSR count). The van der Waals surface area contributed by atoms with Gasteiger partial charge in [-0.05, 0) is 31.4 Å². The van der Waals surface area contributed by atoms with Gasteiger partial charge in [-0.3, -0.25) is 4.79 Å². The second-order valence-electron chi connectivity index (χ2n) is 4.46. The SMILES string of the molecule is Cc1ccccc1CCC(=O)N(C)C(C)CO. The van der Waals surface area contributed by atoms with E-state index in [0.29, 0.717) is 6.42 Å². The Morgan fingerprint density at radius 1 is 1.41 bits per heavy atom. The van der Waals surface area contributed by atoms with Crippen LogP contribution in [0.4, 0.5) is 0 Å². The minimum atomic E-state index is -0.112. The molecule has 94 valence electrons. The Balaban J connectivity index is 2.51. The van der Waals surface area contributed by atoms with Gasteiger partial charge < -0.3 is 10.0 Å². The quantitative estimate of drug-likeness (QED) is 0.845. The first-order valence-corrected chi connectivity index (χ1v) is 5.97. The molecule has 0 bridgehead atoms. The minimum absolute atomic E-state index is 0.00655. The van der Waals surface area contributed by atoms with E-state index in [1.165, 1.54) is 11.1 Å². The summed E-state index contributed by atoms with van der Waals surface area (Å²) in [7, 11) is 1.74. The Hall–Kier alpha value is -1.35. The Bertz CT molecular complexity index is 376. The van der Waals surface area contributed by atoms with E-state index in [1.54, 1.807) is 11.9 Å². The lowest BCUT2D eigenvalue weighted by molar-refractivity contribution is -0.132. The fraction of sp³-hybridized carbons (Fsp3) is 0.500. The third-order valence-corrected chi connectivity index (χ3v) is 3.19. The number of aliphatic hydroxyl groups is 1. The molecular weight excluding hydrogens is 214 g/mol. The molecule has 3 heteroatoms. The van der Waals surface area contributed by atoms with Gasteiger partial charge in [0.25, 0.3) is 0 Å². The van der Waals surface area contributed by atoms with Gasteiger partial charge in [0.2, 0.25) is 5.91 Å². The van der Waals surface area contributed by atoms with E-state index >= 15 is 0 Å². The first kappa shape index (κ1) is 13.7. The zero-order chi connectivity index (χ0) is 12.8. The lowest BCUT2D eigenvalue weighted by Crippen LogP contribution is -2.37. The van der Waals surface area contributed by atoms with Crippen molar-refractivity contribution in [3.05, 3.63) is 35.4 Å². The van der Waals surface area contributed by atoms with Crippen LogP contribution in [0.5, 0.6) is 0 Å². The molecule has 0 aliphatic heterocycles. The van der Waals surface area contributed by atoms with E-state index in [1.807, 2.05) is 19.1 Å². The number of rotatable bonds is 5. The van der Waals surface area contributed by atoms with Crippen molar-refractivity contribution in [3.8, 4) is 0 Å². The molecule has 0 radical (unpaired) electrons. The summed E-state index contributed by atoms with van der Waals surface area (Å²) in [6, 6.07) is 7.99. The first-order chi connectivity index (χ1) is 8.06. The van der Waals surface area contributed by atoms with Gasteiger partial charge >= 0.3 is 0 Å². The number of hydrogen-bond donors (Lipinski definition) is 1. The van der Waals surface area contributed by atoms with E-state index in [0.717, 1.165) is 6.42 Å². The average Bonchev–Trinajstić information content (AvgIpc) is 2.35. The zero-order valence-corrected chi connectivity index (χ0v) is 10.8. The zero-order valence-electron chi connectivity index (χ0n) is 10.8. The van der Waals surface area contributed by atoms with Crippen molar-refractivity contribution in [2.24, 2.45) is 0 Å². The average molecular weight is 235 g/mol. The van der Waals surface area contributed by atoms with Gasteiger partial charge in [0.15, 0.2) is 0 Å². The lowest BCUT2D eigenvalue weighted by atomic mass is 10.0. The van der Waals surface area contributed by atoms with Gasteiger partial charge in [-0.25, -0.2) is 0 Å². The molecule has 1 aromatic rings. The highest BCUT2D eigenvalue weighted by Gasteiger charge is 2.14. The Kier molecular flexibility index (Phi) is 5.16. The molecule has 1 N–H and O–H groups in total. The minimum Gasteiger partial charge on any atom is -0.394 e. The monoisotopic (exact) mass is 235 g/mol. The molecule has 0 aromatic heterocycles. The van der Waals surface area contributed by atoms with Crippen molar-refractivity contribution in [1.82, 2.24) is 4.90 Å². The van der Waals surface area contributed by atoms with Crippen LogP contribution in [0, 0.1) is 6.92 Å². The topological polar surface area (TPSA) is 40.5 Å². The maximum absolute atomic E-state index is 11.8. The first-order valence-electron chi connectivity index (χ1n) is 5.97. The molecule has 1 amide bonds. The maximum atomic E-state index is 11.8. The highest BCUT2D eigenvalue weighted by atomic mass is 16.3. The van der Waals surface area contributed by atoms with E-state index in [-0.39, 0.29) is 18.6 Å². The van der Waals surface area contributed by atoms with Gasteiger partial charge in [0.1, 0.15) is 0 Å². The number of likely N-dealkylation sites (N-methyl/N-ethyl adjacent to an activating group) is 1. The van der Waals surface area contributed by atoms with Crippen LogP contribution in [0.1, 0.15) is 24.5 Å². The van der Waals surface area contributed by atoms with Crippen LogP contribution < -0.4 is 0 Å². The van der Waals surface area contributed by atoms with Gasteiger partial charge in [0.05, 0.1) is 12.6 Å². The largest absolute Gasteiger partial charge is 0.394 e. The van der Waals surface area contributed by atoms with Crippen LogP contribution in [0.25, 0.3) is 0 Å². The van der Waals surface area contributed by atoms with Crippen molar-refractivity contribution in [3.63, 3.8) is 0 Å². The Morgan fingerprint density at radius 2 is 2.06 bits per heavy atom. The number of aryl methyl sites for hydroxylation is 2. The summed E-state index contributed by atoms with van der Waals surface area (Å²) in [5.74, 6) is 0.0785. The maximum Gasteiger partial charge on any atom is 0.222 e. The number of amides is 1. The van der Waals surface area contributed by atoms with Gasteiger partial charge in [0, 0.05) is 13.5 Å². The smallest absolute Gasteiger partial charge is 0.222 e. The van der Waals surface area contributed by atoms with Gasteiger partial charge in [-0.2, -0.15) is 0 Å². The van der Waals surface area contributed by atoms with Crippen LogP contribution >= 0.6 is 0 Å². The van der Waals surface area contributed by atoms with Crippen LogP contribution in [0.15, 0.2) is 24.3 Å². The lowest BCUT2D eigenvalue weighted by Gasteiger charge is -2.23. The summed E-state index contributed by atoms with van der Waals surface area (Å²) < 4.78 is 0. The van der Waals surface area contributed by atoms with Crippen LogP contribution in [0.2, 0.25) is 0 Å². The number of hydrogen-bond acceptors (Lipinski definition) is 2. The molecule has 0 saturated carbocycles. The van der Waals surface area contributed by atoms with Crippen molar-refractivity contribution in [1.29, 1.82) is 0 Å². The van der Waals surface area contributed by atoms with E-state index in [9.17, 15) is 4.79 Å². The number of nitrogens with zero attached hydrogens (tertiary/aromatic N) is 1. The fourth-order valence-corrected chi connectivity index (χ4v) is 1.68. The summed E-state index contributed by atoms with van der Waals surface area (Å²) in [5, 5.41) is 8.99. The highest BCUT2D eigenvalue weighted by molar-refractivity contribution is 5.76. The molecule has 0 aliphatic carbocycles. The molecule has 17 heavy (non-hydrogen) atoms. The molecule has 0 saturated heterocycles. The molecule has 0 aliphatic rings. The summed E-state index contributed by atoms with van der Waals surface area (Å²) in [6.07, 6.45) is 1.25. The van der Waals surface area contributed by atoms with Gasteiger partial charge in [-0.15, -0.1) is 0 Å². The van der Waals surface area contributed by atoms with Crippen LogP contribution in [0.3, 0.4) is 0 Å².